The van der Waals surface area contributed by atoms with Gasteiger partial charge in [-0.25, -0.2) is 4.98 Å². The van der Waals surface area contributed by atoms with Crippen molar-refractivity contribution >= 4 is 11.6 Å². The maximum atomic E-state index is 8.98. The molecule has 1 aromatic carbocycles. The summed E-state index contributed by atoms with van der Waals surface area (Å²) in [6.07, 6.45) is 0. The quantitative estimate of drug-likeness (QED) is 0.843. The van der Waals surface area contributed by atoms with Crippen LogP contribution in [0.3, 0.4) is 0 Å². The number of aliphatic hydroxyl groups is 1. The minimum absolute atomic E-state index is 0.134. The van der Waals surface area contributed by atoms with Gasteiger partial charge < -0.3 is 10.1 Å². The molecule has 0 aliphatic carbocycles. The molecule has 2 N–H and O–H groups in total. The normalized spacial score (nSPS) is 10.8. The molecule has 0 aliphatic rings. The molecule has 0 bridgehead atoms. The first-order valence-electron chi connectivity index (χ1n) is 5.04. The number of benzene rings is 1. The SMILES string of the molecule is Cc1ccc(-c2nc(CO)[nH]c2Cl)c(C)c1. The molecule has 0 aliphatic heterocycles. The summed E-state index contributed by atoms with van der Waals surface area (Å²) in [6.45, 7) is 3.93. The molecule has 2 rings (SSSR count). The smallest absolute Gasteiger partial charge is 0.134 e. The van der Waals surface area contributed by atoms with Crippen molar-refractivity contribution in [2.75, 3.05) is 0 Å². The van der Waals surface area contributed by atoms with E-state index in [-0.39, 0.29) is 6.61 Å². The average molecular weight is 237 g/mol. The summed E-state index contributed by atoms with van der Waals surface area (Å²) in [5, 5.41) is 9.45. The summed E-state index contributed by atoms with van der Waals surface area (Å²) in [5.74, 6) is 0.486. The second-order valence-electron chi connectivity index (χ2n) is 3.82. The first-order chi connectivity index (χ1) is 7.61. The van der Waals surface area contributed by atoms with Crippen LogP contribution in [0.15, 0.2) is 18.2 Å². The van der Waals surface area contributed by atoms with Crippen LogP contribution in [0.25, 0.3) is 11.3 Å². The molecule has 4 heteroatoms. The highest BCUT2D eigenvalue weighted by Gasteiger charge is 2.11. The fourth-order valence-electron chi connectivity index (χ4n) is 1.73. The Balaban J connectivity index is 2.53. The largest absolute Gasteiger partial charge is 0.388 e. The molecular formula is C12H13ClN2O. The Morgan fingerprint density at radius 2 is 2.12 bits per heavy atom. The molecule has 0 amide bonds. The van der Waals surface area contributed by atoms with Crippen LogP contribution >= 0.6 is 11.6 Å². The van der Waals surface area contributed by atoms with Crippen LogP contribution in [0.4, 0.5) is 0 Å². The molecule has 0 saturated carbocycles. The molecule has 16 heavy (non-hydrogen) atoms. The van der Waals surface area contributed by atoms with Crippen LogP contribution in [0.2, 0.25) is 5.15 Å². The lowest BCUT2D eigenvalue weighted by atomic mass is 10.0. The second kappa shape index (κ2) is 4.28. The van der Waals surface area contributed by atoms with E-state index in [9.17, 15) is 0 Å². The lowest BCUT2D eigenvalue weighted by Crippen LogP contribution is -1.87. The lowest BCUT2D eigenvalue weighted by Gasteiger charge is -2.04. The molecule has 1 aromatic heterocycles. The van der Waals surface area contributed by atoms with Crippen molar-refractivity contribution in [2.24, 2.45) is 0 Å². The Labute approximate surface area is 99.1 Å². The zero-order valence-corrected chi connectivity index (χ0v) is 9.97. The number of nitrogens with one attached hydrogen (secondary N) is 1. The number of aryl methyl sites for hydroxylation is 2. The van der Waals surface area contributed by atoms with E-state index in [4.69, 9.17) is 16.7 Å². The predicted octanol–water partition coefficient (Wildman–Crippen LogP) is 2.84. The number of halogens is 1. The van der Waals surface area contributed by atoms with Crippen molar-refractivity contribution in [3.8, 4) is 11.3 Å². The number of hydrogen-bond donors (Lipinski definition) is 2. The summed E-state index contributed by atoms with van der Waals surface area (Å²) >= 11 is 6.04. The van der Waals surface area contributed by atoms with Crippen molar-refractivity contribution < 1.29 is 5.11 Å². The molecule has 0 fully saturated rings. The minimum atomic E-state index is -0.134. The molecule has 0 spiro atoms. The molecule has 0 atom stereocenters. The van der Waals surface area contributed by atoms with Crippen LogP contribution in [0.5, 0.6) is 0 Å². The van der Waals surface area contributed by atoms with E-state index in [1.807, 2.05) is 26.0 Å². The van der Waals surface area contributed by atoms with E-state index in [1.54, 1.807) is 0 Å². The first kappa shape index (κ1) is 11.2. The third-order valence-corrected chi connectivity index (χ3v) is 2.77. The van der Waals surface area contributed by atoms with Gasteiger partial charge in [-0.3, -0.25) is 0 Å². The third-order valence-electron chi connectivity index (χ3n) is 2.50. The fraction of sp³-hybridized carbons (Fsp3) is 0.250. The number of imidazole rings is 1. The number of aliphatic hydroxyl groups excluding tert-OH is 1. The molecule has 0 saturated heterocycles. The highest BCUT2D eigenvalue weighted by Crippen LogP contribution is 2.28. The standard InChI is InChI=1S/C12H13ClN2O/c1-7-3-4-9(8(2)5-7)11-12(13)15-10(6-16)14-11/h3-5,16H,6H2,1-2H3,(H,14,15). The summed E-state index contributed by atoms with van der Waals surface area (Å²) in [4.78, 5) is 7.09. The van der Waals surface area contributed by atoms with Gasteiger partial charge in [-0.1, -0.05) is 35.4 Å². The van der Waals surface area contributed by atoms with Crippen molar-refractivity contribution in [3.05, 3.63) is 40.3 Å². The lowest BCUT2D eigenvalue weighted by molar-refractivity contribution is 0.272. The molecule has 0 radical (unpaired) electrons. The Bertz CT molecular complexity index is 520. The van der Waals surface area contributed by atoms with Crippen LogP contribution < -0.4 is 0 Å². The van der Waals surface area contributed by atoms with E-state index in [0.717, 1.165) is 11.1 Å². The number of H-pyrrole nitrogens is 1. The summed E-state index contributed by atoms with van der Waals surface area (Å²) < 4.78 is 0. The molecule has 84 valence electrons. The molecule has 2 aromatic rings. The maximum Gasteiger partial charge on any atom is 0.134 e. The van der Waals surface area contributed by atoms with Crippen molar-refractivity contribution in [1.82, 2.24) is 9.97 Å². The Kier molecular flexibility index (Phi) is 2.99. The number of nitrogens with zero attached hydrogens (tertiary/aromatic N) is 1. The van der Waals surface area contributed by atoms with E-state index < -0.39 is 0 Å². The van der Waals surface area contributed by atoms with Crippen LogP contribution in [0.1, 0.15) is 17.0 Å². The van der Waals surface area contributed by atoms with Gasteiger partial charge in [-0.15, -0.1) is 0 Å². The number of aromatic amines is 1. The monoisotopic (exact) mass is 236 g/mol. The van der Waals surface area contributed by atoms with Crippen LogP contribution in [-0.2, 0) is 6.61 Å². The topological polar surface area (TPSA) is 48.9 Å². The molecule has 1 heterocycles. The van der Waals surface area contributed by atoms with E-state index >= 15 is 0 Å². The molecule has 3 nitrogen and oxygen atoms in total. The highest BCUT2D eigenvalue weighted by molar-refractivity contribution is 6.32. The third kappa shape index (κ3) is 1.96. The highest BCUT2D eigenvalue weighted by atomic mass is 35.5. The zero-order chi connectivity index (χ0) is 11.7. The van der Waals surface area contributed by atoms with Gasteiger partial charge in [-0.2, -0.15) is 0 Å². The minimum Gasteiger partial charge on any atom is -0.388 e. The van der Waals surface area contributed by atoms with Gasteiger partial charge >= 0.3 is 0 Å². The van der Waals surface area contributed by atoms with E-state index in [2.05, 4.69) is 16.0 Å². The van der Waals surface area contributed by atoms with Gasteiger partial charge in [0.2, 0.25) is 0 Å². The van der Waals surface area contributed by atoms with Gasteiger partial charge in [0.15, 0.2) is 0 Å². The number of rotatable bonds is 2. The summed E-state index contributed by atoms with van der Waals surface area (Å²) in [6, 6.07) is 6.10. The molecular weight excluding hydrogens is 224 g/mol. The summed E-state index contributed by atoms with van der Waals surface area (Å²) in [7, 11) is 0. The average Bonchev–Trinajstić information content (AvgIpc) is 2.60. The fourth-order valence-corrected chi connectivity index (χ4v) is 1.98. The first-order valence-corrected chi connectivity index (χ1v) is 5.42. The van der Waals surface area contributed by atoms with Crippen molar-refractivity contribution in [2.45, 2.75) is 20.5 Å². The maximum absolute atomic E-state index is 8.98. The van der Waals surface area contributed by atoms with Gasteiger partial charge in [0.25, 0.3) is 0 Å². The van der Waals surface area contributed by atoms with Crippen LogP contribution in [-0.4, -0.2) is 15.1 Å². The van der Waals surface area contributed by atoms with Gasteiger partial charge in [0, 0.05) is 5.56 Å². The Morgan fingerprint density at radius 3 is 2.69 bits per heavy atom. The zero-order valence-electron chi connectivity index (χ0n) is 9.21. The Morgan fingerprint density at radius 1 is 1.38 bits per heavy atom. The summed E-state index contributed by atoms with van der Waals surface area (Å²) in [5.41, 5.74) is 4.02. The Hall–Kier alpha value is -1.32. The van der Waals surface area contributed by atoms with Gasteiger partial charge in [-0.05, 0) is 19.4 Å². The second-order valence-corrected chi connectivity index (χ2v) is 4.20. The van der Waals surface area contributed by atoms with Crippen LogP contribution in [0, 0.1) is 13.8 Å². The van der Waals surface area contributed by atoms with Gasteiger partial charge in [0.1, 0.15) is 23.3 Å². The van der Waals surface area contributed by atoms with Crippen molar-refractivity contribution in [3.63, 3.8) is 0 Å². The van der Waals surface area contributed by atoms with Crippen molar-refractivity contribution in [1.29, 1.82) is 0 Å². The molecule has 0 unspecified atom stereocenters. The number of hydrogen-bond acceptors (Lipinski definition) is 2. The van der Waals surface area contributed by atoms with E-state index in [1.165, 1.54) is 5.56 Å². The van der Waals surface area contributed by atoms with Gasteiger partial charge in [0.05, 0.1) is 0 Å². The van der Waals surface area contributed by atoms with E-state index in [0.29, 0.717) is 16.7 Å². The number of aromatic nitrogens is 2. The predicted molar refractivity (Wildman–Crippen MR) is 64.4 cm³/mol.